The molecule has 0 aliphatic carbocycles. The van der Waals surface area contributed by atoms with E-state index in [2.05, 4.69) is 40.6 Å². The molecule has 2 N–H and O–H groups in total. The highest BCUT2D eigenvalue weighted by atomic mass is 14.9. The summed E-state index contributed by atoms with van der Waals surface area (Å²) >= 11 is 0. The van der Waals surface area contributed by atoms with Gasteiger partial charge in [-0.3, -0.25) is 0 Å². The van der Waals surface area contributed by atoms with Crippen molar-refractivity contribution >= 4 is 10.9 Å². The summed E-state index contributed by atoms with van der Waals surface area (Å²) in [6.45, 7) is 3.46. The summed E-state index contributed by atoms with van der Waals surface area (Å²) in [7, 11) is 0. The van der Waals surface area contributed by atoms with Gasteiger partial charge >= 0.3 is 0 Å². The number of benzene rings is 1. The number of hydrogen-bond acceptors (Lipinski definition) is 2. The Morgan fingerprint density at radius 2 is 2.31 bits per heavy atom. The van der Waals surface area contributed by atoms with Crippen LogP contribution in [-0.2, 0) is 6.54 Å². The summed E-state index contributed by atoms with van der Waals surface area (Å²) in [6.07, 6.45) is 1.94. The number of nitriles is 1. The van der Waals surface area contributed by atoms with E-state index >= 15 is 0 Å². The van der Waals surface area contributed by atoms with Gasteiger partial charge in [-0.2, -0.15) is 5.26 Å². The van der Waals surface area contributed by atoms with Crippen LogP contribution >= 0.6 is 0 Å². The van der Waals surface area contributed by atoms with E-state index in [0.29, 0.717) is 0 Å². The second kappa shape index (κ2) is 4.82. The number of nitrogens with zero attached hydrogens (tertiary/aromatic N) is 1. The third-order valence-corrected chi connectivity index (χ3v) is 2.62. The van der Waals surface area contributed by atoms with Crippen molar-refractivity contribution in [3.63, 3.8) is 0 Å². The second-order valence-electron chi connectivity index (χ2n) is 4.06. The number of fused-ring (bicyclic) bond motifs is 1. The van der Waals surface area contributed by atoms with Crippen molar-refractivity contribution in [2.24, 2.45) is 5.92 Å². The minimum atomic E-state index is 0.0641. The molecule has 2 rings (SSSR count). The predicted octanol–water partition coefficient (Wildman–Crippen LogP) is 2.42. The average Bonchev–Trinajstić information content (AvgIpc) is 2.76. The van der Waals surface area contributed by atoms with Gasteiger partial charge in [0.05, 0.1) is 12.0 Å². The molecular formula is C13H15N3. The van der Waals surface area contributed by atoms with Crippen molar-refractivity contribution in [3.8, 4) is 6.07 Å². The maximum Gasteiger partial charge on any atom is 0.0666 e. The van der Waals surface area contributed by atoms with Gasteiger partial charge < -0.3 is 10.3 Å². The zero-order valence-electron chi connectivity index (χ0n) is 9.33. The lowest BCUT2D eigenvalue weighted by Gasteiger charge is -2.06. The summed E-state index contributed by atoms with van der Waals surface area (Å²) in [5, 5.41) is 13.2. The number of nitrogens with one attached hydrogen (secondary N) is 2. The monoisotopic (exact) mass is 213 g/mol. The molecule has 1 unspecified atom stereocenters. The average molecular weight is 213 g/mol. The molecule has 1 aromatic heterocycles. The maximum absolute atomic E-state index is 8.65. The van der Waals surface area contributed by atoms with Crippen LogP contribution in [0.3, 0.4) is 0 Å². The largest absolute Gasteiger partial charge is 0.361 e. The summed E-state index contributed by atoms with van der Waals surface area (Å²) in [4.78, 5) is 3.19. The molecule has 1 aromatic carbocycles. The Morgan fingerprint density at radius 3 is 3.12 bits per heavy atom. The first-order valence-electron chi connectivity index (χ1n) is 5.46. The molecule has 16 heavy (non-hydrogen) atoms. The topological polar surface area (TPSA) is 51.6 Å². The standard InChI is InChI=1S/C13H15N3/c1-10(7-14)8-15-9-11-2-3-12-4-5-16-13(12)6-11/h2-6,10,15-16H,8-9H2,1H3. The zero-order chi connectivity index (χ0) is 11.4. The van der Waals surface area contributed by atoms with Crippen LogP contribution in [0.15, 0.2) is 30.5 Å². The van der Waals surface area contributed by atoms with Gasteiger partial charge in [0.25, 0.3) is 0 Å². The smallest absolute Gasteiger partial charge is 0.0666 e. The van der Waals surface area contributed by atoms with Gasteiger partial charge in [-0.25, -0.2) is 0 Å². The Bertz CT molecular complexity index is 507. The van der Waals surface area contributed by atoms with Crippen molar-refractivity contribution in [1.82, 2.24) is 10.3 Å². The third-order valence-electron chi connectivity index (χ3n) is 2.62. The lowest BCUT2D eigenvalue weighted by atomic mass is 10.1. The highest BCUT2D eigenvalue weighted by molar-refractivity contribution is 5.79. The van der Waals surface area contributed by atoms with Gasteiger partial charge in [-0.05, 0) is 30.0 Å². The number of H-pyrrole nitrogens is 1. The zero-order valence-corrected chi connectivity index (χ0v) is 9.33. The number of rotatable bonds is 4. The fraction of sp³-hybridized carbons (Fsp3) is 0.308. The van der Waals surface area contributed by atoms with Gasteiger partial charge in [0.15, 0.2) is 0 Å². The summed E-state index contributed by atoms with van der Waals surface area (Å²) in [6, 6.07) is 10.6. The summed E-state index contributed by atoms with van der Waals surface area (Å²) in [5.74, 6) is 0.0641. The lowest BCUT2D eigenvalue weighted by molar-refractivity contribution is 0.602. The molecule has 0 bridgehead atoms. The normalized spacial score (nSPS) is 12.5. The molecule has 0 fully saturated rings. The summed E-state index contributed by atoms with van der Waals surface area (Å²) in [5.41, 5.74) is 2.40. The molecule has 0 aliphatic heterocycles. The van der Waals surface area contributed by atoms with E-state index in [0.717, 1.165) is 18.6 Å². The first-order chi connectivity index (χ1) is 7.79. The first kappa shape index (κ1) is 10.7. The highest BCUT2D eigenvalue weighted by Gasteiger charge is 2.00. The van der Waals surface area contributed by atoms with Crippen LogP contribution in [-0.4, -0.2) is 11.5 Å². The minimum Gasteiger partial charge on any atom is -0.361 e. The molecule has 0 saturated heterocycles. The highest BCUT2D eigenvalue weighted by Crippen LogP contribution is 2.13. The Labute approximate surface area is 95.1 Å². The molecule has 1 atom stereocenters. The fourth-order valence-corrected chi connectivity index (χ4v) is 1.68. The Balaban J connectivity index is 1.97. The quantitative estimate of drug-likeness (QED) is 0.819. The van der Waals surface area contributed by atoms with E-state index in [-0.39, 0.29) is 5.92 Å². The summed E-state index contributed by atoms with van der Waals surface area (Å²) < 4.78 is 0. The van der Waals surface area contributed by atoms with Gasteiger partial charge in [0.2, 0.25) is 0 Å². The third kappa shape index (κ3) is 2.41. The molecule has 0 saturated carbocycles. The second-order valence-corrected chi connectivity index (χ2v) is 4.06. The van der Waals surface area contributed by atoms with Crippen molar-refractivity contribution in [2.75, 3.05) is 6.54 Å². The van der Waals surface area contributed by atoms with Crippen molar-refractivity contribution in [2.45, 2.75) is 13.5 Å². The van der Waals surface area contributed by atoms with Gasteiger partial charge in [-0.1, -0.05) is 12.1 Å². The van der Waals surface area contributed by atoms with E-state index < -0.39 is 0 Å². The fourth-order valence-electron chi connectivity index (χ4n) is 1.68. The number of hydrogen-bond donors (Lipinski definition) is 2. The minimum absolute atomic E-state index is 0.0641. The van der Waals surface area contributed by atoms with E-state index in [4.69, 9.17) is 5.26 Å². The van der Waals surface area contributed by atoms with Gasteiger partial charge in [0.1, 0.15) is 0 Å². The molecule has 1 heterocycles. The van der Waals surface area contributed by atoms with Gasteiger partial charge in [0, 0.05) is 24.8 Å². The van der Waals surface area contributed by atoms with E-state index in [1.54, 1.807) is 0 Å². The Morgan fingerprint density at radius 1 is 1.44 bits per heavy atom. The first-order valence-corrected chi connectivity index (χ1v) is 5.46. The van der Waals surface area contributed by atoms with E-state index in [1.165, 1.54) is 10.9 Å². The van der Waals surface area contributed by atoms with Crippen LogP contribution in [0.5, 0.6) is 0 Å². The van der Waals surface area contributed by atoms with Crippen molar-refractivity contribution < 1.29 is 0 Å². The van der Waals surface area contributed by atoms with Crippen LogP contribution < -0.4 is 5.32 Å². The molecule has 0 spiro atoms. The number of aromatic nitrogens is 1. The maximum atomic E-state index is 8.65. The molecule has 0 aliphatic rings. The molecule has 0 radical (unpaired) electrons. The Hall–Kier alpha value is -1.79. The van der Waals surface area contributed by atoms with E-state index in [9.17, 15) is 0 Å². The molecule has 3 heteroatoms. The molecular weight excluding hydrogens is 198 g/mol. The van der Waals surface area contributed by atoms with Crippen molar-refractivity contribution in [3.05, 3.63) is 36.0 Å². The van der Waals surface area contributed by atoms with Crippen molar-refractivity contribution in [1.29, 1.82) is 5.26 Å². The number of aromatic amines is 1. The lowest BCUT2D eigenvalue weighted by Crippen LogP contribution is -2.19. The van der Waals surface area contributed by atoms with Crippen LogP contribution in [0.1, 0.15) is 12.5 Å². The van der Waals surface area contributed by atoms with E-state index in [1.807, 2.05) is 13.1 Å². The SMILES string of the molecule is CC(C#N)CNCc1ccc2cc[nH]c2c1. The predicted molar refractivity (Wildman–Crippen MR) is 64.8 cm³/mol. The molecule has 82 valence electrons. The van der Waals surface area contributed by atoms with Crippen LogP contribution in [0.2, 0.25) is 0 Å². The van der Waals surface area contributed by atoms with Crippen LogP contribution in [0.25, 0.3) is 10.9 Å². The molecule has 3 nitrogen and oxygen atoms in total. The molecule has 0 amide bonds. The van der Waals surface area contributed by atoms with Crippen LogP contribution in [0.4, 0.5) is 0 Å². The molecule has 2 aromatic rings. The van der Waals surface area contributed by atoms with Gasteiger partial charge in [-0.15, -0.1) is 0 Å². The Kier molecular flexibility index (Phi) is 3.23. The van der Waals surface area contributed by atoms with Crippen LogP contribution in [0, 0.1) is 17.2 Å².